The SMILES string of the molecule is COC(=O)/C=C(/OC)[C@H](C)[C@H](/C=C/c1csc(-c2csc(C(C)O)n2)n1)OC. The molecule has 1 N–H and O–H groups in total. The van der Waals surface area contributed by atoms with Gasteiger partial charge in [-0.25, -0.2) is 14.8 Å². The zero-order chi connectivity index (χ0) is 20.7. The highest BCUT2D eigenvalue weighted by atomic mass is 32.1. The molecule has 3 atom stereocenters. The van der Waals surface area contributed by atoms with Crippen LogP contribution in [0.1, 0.15) is 30.7 Å². The number of carbonyl (C=O) groups is 1. The number of nitrogens with zero attached hydrogens (tertiary/aromatic N) is 2. The lowest BCUT2D eigenvalue weighted by Gasteiger charge is -2.21. The van der Waals surface area contributed by atoms with Gasteiger partial charge in [0.05, 0.1) is 32.1 Å². The molecule has 2 aromatic rings. The monoisotopic (exact) mass is 424 g/mol. The highest BCUT2D eigenvalue weighted by Gasteiger charge is 2.21. The van der Waals surface area contributed by atoms with E-state index in [1.807, 2.05) is 29.8 Å². The van der Waals surface area contributed by atoms with Crippen molar-refractivity contribution < 1.29 is 24.1 Å². The average molecular weight is 425 g/mol. The maximum Gasteiger partial charge on any atom is 0.333 e. The first kappa shape index (κ1) is 22.2. The van der Waals surface area contributed by atoms with E-state index >= 15 is 0 Å². The molecule has 0 radical (unpaired) electrons. The van der Waals surface area contributed by atoms with Crippen molar-refractivity contribution in [3.8, 4) is 10.7 Å². The molecule has 0 aliphatic carbocycles. The van der Waals surface area contributed by atoms with E-state index in [-0.39, 0.29) is 12.0 Å². The molecular weight excluding hydrogens is 400 g/mol. The van der Waals surface area contributed by atoms with Gasteiger partial charge in [0.15, 0.2) is 0 Å². The second-order valence-corrected chi connectivity index (χ2v) is 7.69. The molecule has 152 valence electrons. The van der Waals surface area contributed by atoms with Crippen molar-refractivity contribution in [1.82, 2.24) is 9.97 Å². The number of ether oxygens (including phenoxy) is 3. The summed E-state index contributed by atoms with van der Waals surface area (Å²) >= 11 is 2.89. The number of aliphatic hydroxyl groups excluding tert-OH is 1. The number of esters is 1. The molecule has 2 aromatic heterocycles. The Morgan fingerprint density at radius 1 is 1.14 bits per heavy atom. The summed E-state index contributed by atoms with van der Waals surface area (Å²) in [6, 6.07) is 0. The van der Waals surface area contributed by atoms with Crippen LogP contribution in [0.4, 0.5) is 0 Å². The minimum atomic E-state index is -0.588. The number of methoxy groups -OCH3 is 3. The number of aliphatic hydroxyl groups is 1. The summed E-state index contributed by atoms with van der Waals surface area (Å²) in [5, 5.41) is 14.9. The van der Waals surface area contributed by atoms with Crippen molar-refractivity contribution >= 4 is 34.7 Å². The van der Waals surface area contributed by atoms with Gasteiger partial charge in [-0.2, -0.15) is 0 Å². The summed E-state index contributed by atoms with van der Waals surface area (Å²) in [6.45, 7) is 3.59. The molecule has 0 saturated heterocycles. The maximum atomic E-state index is 11.5. The molecule has 28 heavy (non-hydrogen) atoms. The first-order chi connectivity index (χ1) is 13.4. The first-order valence-electron chi connectivity index (χ1n) is 8.53. The summed E-state index contributed by atoms with van der Waals surface area (Å²) < 4.78 is 15.5. The minimum Gasteiger partial charge on any atom is -0.500 e. The van der Waals surface area contributed by atoms with Crippen LogP contribution in [0.25, 0.3) is 16.8 Å². The zero-order valence-electron chi connectivity index (χ0n) is 16.4. The van der Waals surface area contributed by atoms with Crippen molar-refractivity contribution in [1.29, 1.82) is 0 Å². The number of rotatable bonds is 9. The van der Waals surface area contributed by atoms with Gasteiger partial charge in [0.1, 0.15) is 27.6 Å². The molecule has 2 rings (SSSR count). The summed E-state index contributed by atoms with van der Waals surface area (Å²) in [7, 11) is 4.41. The third kappa shape index (κ3) is 5.71. The van der Waals surface area contributed by atoms with Crippen molar-refractivity contribution in [2.75, 3.05) is 21.3 Å². The van der Waals surface area contributed by atoms with Crippen LogP contribution in [0.5, 0.6) is 0 Å². The van der Waals surface area contributed by atoms with E-state index in [1.165, 1.54) is 43.0 Å². The topological polar surface area (TPSA) is 90.8 Å². The molecule has 2 heterocycles. The highest BCUT2D eigenvalue weighted by molar-refractivity contribution is 7.14. The Labute approximate surface area is 172 Å². The fourth-order valence-electron chi connectivity index (χ4n) is 2.41. The zero-order valence-corrected chi connectivity index (χ0v) is 18.0. The largest absolute Gasteiger partial charge is 0.500 e. The van der Waals surface area contributed by atoms with Crippen LogP contribution >= 0.6 is 22.7 Å². The third-order valence-electron chi connectivity index (χ3n) is 3.99. The molecule has 0 aliphatic rings. The maximum absolute atomic E-state index is 11.5. The smallest absolute Gasteiger partial charge is 0.333 e. The van der Waals surface area contributed by atoms with Gasteiger partial charge in [0, 0.05) is 23.8 Å². The quantitative estimate of drug-likeness (QED) is 0.373. The summed E-state index contributed by atoms with van der Waals surface area (Å²) in [5.74, 6) is -0.211. The molecule has 0 fully saturated rings. The predicted octanol–water partition coefficient (Wildman–Crippen LogP) is 3.69. The van der Waals surface area contributed by atoms with Gasteiger partial charge in [-0.05, 0) is 13.0 Å². The number of hydrogen-bond acceptors (Lipinski definition) is 9. The Kier molecular flexibility index (Phi) is 8.31. The van der Waals surface area contributed by atoms with E-state index in [0.717, 1.165) is 16.4 Å². The van der Waals surface area contributed by atoms with Crippen LogP contribution in [-0.2, 0) is 19.0 Å². The third-order valence-corrected chi connectivity index (χ3v) is 5.89. The second-order valence-electron chi connectivity index (χ2n) is 5.95. The summed E-state index contributed by atoms with van der Waals surface area (Å²) in [4.78, 5) is 20.5. The van der Waals surface area contributed by atoms with Crippen LogP contribution in [-0.4, -0.2) is 48.5 Å². The fourth-order valence-corrected chi connectivity index (χ4v) is 3.98. The van der Waals surface area contributed by atoms with E-state index in [9.17, 15) is 9.90 Å². The highest BCUT2D eigenvalue weighted by Crippen LogP contribution is 2.28. The molecule has 0 saturated carbocycles. The van der Waals surface area contributed by atoms with Gasteiger partial charge in [0.2, 0.25) is 0 Å². The van der Waals surface area contributed by atoms with Crippen LogP contribution in [0.15, 0.2) is 28.7 Å². The molecule has 9 heteroatoms. The van der Waals surface area contributed by atoms with Crippen molar-refractivity contribution in [2.24, 2.45) is 5.92 Å². The van der Waals surface area contributed by atoms with E-state index in [0.29, 0.717) is 10.8 Å². The minimum absolute atomic E-state index is 0.199. The van der Waals surface area contributed by atoms with Gasteiger partial charge in [-0.3, -0.25) is 0 Å². The van der Waals surface area contributed by atoms with E-state index < -0.39 is 12.1 Å². The van der Waals surface area contributed by atoms with Crippen molar-refractivity contribution in [3.63, 3.8) is 0 Å². The van der Waals surface area contributed by atoms with Gasteiger partial charge in [0.25, 0.3) is 0 Å². The number of hydrogen-bond donors (Lipinski definition) is 1. The number of carbonyl (C=O) groups excluding carboxylic acids is 1. The molecule has 0 bridgehead atoms. The molecule has 7 nitrogen and oxygen atoms in total. The Morgan fingerprint density at radius 2 is 1.89 bits per heavy atom. The lowest BCUT2D eigenvalue weighted by atomic mass is 10.0. The molecule has 0 aliphatic heterocycles. The van der Waals surface area contributed by atoms with Gasteiger partial charge in [-0.15, -0.1) is 22.7 Å². The normalized spacial score (nSPS) is 15.4. The lowest BCUT2D eigenvalue weighted by molar-refractivity contribution is -0.135. The second kappa shape index (κ2) is 10.5. The van der Waals surface area contributed by atoms with Gasteiger partial charge >= 0.3 is 5.97 Å². The summed E-state index contributed by atoms with van der Waals surface area (Å²) in [5.41, 5.74) is 1.53. The van der Waals surface area contributed by atoms with Crippen LogP contribution in [0.3, 0.4) is 0 Å². The van der Waals surface area contributed by atoms with Crippen molar-refractivity contribution in [2.45, 2.75) is 26.1 Å². The standard InChI is InChI=1S/C19H24N2O5S2/c1-11(16(25-4)8-17(23)26-5)15(24-3)7-6-13-9-27-19(20-13)14-10-28-18(21-14)12(2)22/h6-12,15,22H,1-5H3/b7-6+,16-8+/t11-,12?,15+/m1/s1. The van der Waals surface area contributed by atoms with E-state index in [2.05, 4.69) is 14.7 Å². The van der Waals surface area contributed by atoms with Gasteiger partial charge < -0.3 is 19.3 Å². The predicted molar refractivity (Wildman–Crippen MR) is 110 cm³/mol. The Morgan fingerprint density at radius 3 is 2.46 bits per heavy atom. The van der Waals surface area contributed by atoms with Crippen LogP contribution in [0, 0.1) is 5.92 Å². The summed E-state index contributed by atoms with van der Waals surface area (Å²) in [6.07, 6.45) is 4.14. The molecule has 0 amide bonds. The van der Waals surface area contributed by atoms with Gasteiger partial charge in [-0.1, -0.05) is 13.0 Å². The number of thiazole rings is 2. The van der Waals surface area contributed by atoms with Crippen molar-refractivity contribution in [3.05, 3.63) is 39.4 Å². The Hall–Kier alpha value is -2.07. The fraction of sp³-hybridized carbons (Fsp3) is 0.421. The lowest BCUT2D eigenvalue weighted by Crippen LogP contribution is -2.21. The first-order valence-corrected chi connectivity index (χ1v) is 10.3. The molecular formula is C19H24N2O5S2. The van der Waals surface area contributed by atoms with E-state index in [4.69, 9.17) is 9.47 Å². The molecule has 0 spiro atoms. The number of aromatic nitrogens is 2. The molecule has 1 unspecified atom stereocenters. The van der Waals surface area contributed by atoms with E-state index in [1.54, 1.807) is 14.0 Å². The van der Waals surface area contributed by atoms with Crippen LogP contribution < -0.4 is 0 Å². The average Bonchev–Trinajstić information content (AvgIpc) is 3.35. The molecule has 0 aromatic carbocycles. The Balaban J connectivity index is 2.13. The Bertz CT molecular complexity index is 841. The van der Waals surface area contributed by atoms with Crippen LogP contribution in [0.2, 0.25) is 0 Å².